The molecular weight excluding hydrogens is 284 g/mol. The number of carbonyl (C=O) groups excluding carboxylic acids is 1. The predicted molar refractivity (Wildman–Crippen MR) is 83.1 cm³/mol. The maximum atomic E-state index is 11.6. The van der Waals surface area contributed by atoms with Crippen molar-refractivity contribution in [2.45, 2.75) is 19.8 Å². The minimum atomic E-state index is -0.501. The Bertz CT molecular complexity index is 694. The molecule has 0 radical (unpaired) electrons. The van der Waals surface area contributed by atoms with E-state index in [0.717, 1.165) is 18.4 Å². The fraction of sp³-hybridized carbons (Fsp3) is 0.333. The lowest BCUT2D eigenvalue weighted by Crippen LogP contribution is -2.07. The number of ketones is 1. The molecule has 1 N–H and O–H groups in total. The molecule has 0 unspecified atom stereocenters. The summed E-state index contributed by atoms with van der Waals surface area (Å²) in [6, 6.07) is 4.29. The van der Waals surface area contributed by atoms with Crippen LogP contribution in [-0.4, -0.2) is 27.0 Å². The van der Waals surface area contributed by atoms with E-state index in [0.29, 0.717) is 17.8 Å². The van der Waals surface area contributed by atoms with Gasteiger partial charge in [0.05, 0.1) is 11.1 Å². The van der Waals surface area contributed by atoms with Crippen molar-refractivity contribution in [1.29, 1.82) is 0 Å². The molecule has 2 rings (SSSR count). The number of rotatable bonds is 7. The molecule has 1 aromatic heterocycles. The Kier molecular flexibility index (Phi) is 4.88. The smallest absolute Gasteiger partial charge is 0.270 e. The minimum Gasteiger partial charge on any atom is -0.384 e. The largest absolute Gasteiger partial charge is 0.384 e. The van der Waals surface area contributed by atoms with E-state index >= 15 is 0 Å². The first kappa shape index (κ1) is 15.7. The molecule has 2 aromatic rings. The molecule has 1 aromatic carbocycles. The number of aromatic nitrogens is 2. The van der Waals surface area contributed by atoms with E-state index < -0.39 is 4.92 Å². The zero-order valence-corrected chi connectivity index (χ0v) is 12.6. The molecule has 0 saturated carbocycles. The number of nitrogens with zero attached hydrogens (tertiary/aromatic N) is 3. The SMILES string of the molecule is CC(=O)c1cc([N+](=O)[O-])ccc1NCCCc1cnn(C)c1. The average molecular weight is 302 g/mol. The summed E-state index contributed by atoms with van der Waals surface area (Å²) in [6.07, 6.45) is 5.54. The van der Waals surface area contributed by atoms with Gasteiger partial charge in [0.1, 0.15) is 0 Å². The fourth-order valence-corrected chi connectivity index (χ4v) is 2.21. The van der Waals surface area contributed by atoms with Gasteiger partial charge in [-0.1, -0.05) is 0 Å². The van der Waals surface area contributed by atoms with Crippen LogP contribution in [0.1, 0.15) is 29.3 Å². The van der Waals surface area contributed by atoms with Gasteiger partial charge < -0.3 is 5.32 Å². The summed E-state index contributed by atoms with van der Waals surface area (Å²) in [4.78, 5) is 21.9. The van der Waals surface area contributed by atoms with Crippen molar-refractivity contribution in [3.63, 3.8) is 0 Å². The Hall–Kier alpha value is -2.70. The lowest BCUT2D eigenvalue weighted by Gasteiger charge is -2.09. The summed E-state index contributed by atoms with van der Waals surface area (Å²) in [5.74, 6) is -0.196. The van der Waals surface area contributed by atoms with E-state index in [1.54, 1.807) is 10.7 Å². The normalized spacial score (nSPS) is 10.5. The second-order valence-corrected chi connectivity index (χ2v) is 5.10. The van der Waals surface area contributed by atoms with Crippen molar-refractivity contribution in [3.05, 3.63) is 51.8 Å². The van der Waals surface area contributed by atoms with Gasteiger partial charge in [0.25, 0.3) is 5.69 Å². The number of aryl methyl sites for hydroxylation is 2. The molecule has 0 aliphatic carbocycles. The quantitative estimate of drug-likeness (QED) is 0.367. The predicted octanol–water partition coefficient (Wildman–Crippen LogP) is 2.58. The van der Waals surface area contributed by atoms with Crippen LogP contribution in [0.15, 0.2) is 30.6 Å². The minimum absolute atomic E-state index is 0.0777. The van der Waals surface area contributed by atoms with Gasteiger partial charge in [-0.25, -0.2) is 0 Å². The van der Waals surface area contributed by atoms with Crippen LogP contribution in [0, 0.1) is 10.1 Å². The zero-order chi connectivity index (χ0) is 16.1. The summed E-state index contributed by atoms with van der Waals surface area (Å²) in [6.45, 7) is 2.08. The van der Waals surface area contributed by atoms with Gasteiger partial charge in [-0.15, -0.1) is 0 Å². The lowest BCUT2D eigenvalue weighted by molar-refractivity contribution is -0.384. The number of carbonyl (C=O) groups is 1. The molecule has 0 spiro atoms. The number of benzene rings is 1. The van der Waals surface area contributed by atoms with Gasteiger partial charge in [0.2, 0.25) is 0 Å². The number of nitrogens with one attached hydrogen (secondary N) is 1. The van der Waals surface area contributed by atoms with E-state index in [2.05, 4.69) is 10.4 Å². The number of nitro groups is 1. The van der Waals surface area contributed by atoms with Crippen LogP contribution in [0.4, 0.5) is 11.4 Å². The van der Waals surface area contributed by atoms with Gasteiger partial charge >= 0.3 is 0 Å². The zero-order valence-electron chi connectivity index (χ0n) is 12.6. The highest BCUT2D eigenvalue weighted by Crippen LogP contribution is 2.22. The number of hydrogen-bond acceptors (Lipinski definition) is 5. The average Bonchev–Trinajstić information content (AvgIpc) is 2.89. The molecule has 0 aliphatic rings. The summed E-state index contributed by atoms with van der Waals surface area (Å²) >= 11 is 0. The number of Topliss-reactive ketones (excluding diaryl/α,β-unsaturated/α-hetero) is 1. The van der Waals surface area contributed by atoms with Crippen molar-refractivity contribution in [2.75, 3.05) is 11.9 Å². The van der Waals surface area contributed by atoms with E-state index in [4.69, 9.17) is 0 Å². The van der Waals surface area contributed by atoms with Crippen LogP contribution < -0.4 is 5.32 Å². The first-order valence-corrected chi connectivity index (χ1v) is 6.98. The Morgan fingerprint density at radius 3 is 2.82 bits per heavy atom. The molecular formula is C15H18N4O3. The van der Waals surface area contributed by atoms with Crippen LogP contribution in [0.2, 0.25) is 0 Å². The monoisotopic (exact) mass is 302 g/mol. The molecule has 0 amide bonds. The second-order valence-electron chi connectivity index (χ2n) is 5.10. The third-order valence-corrected chi connectivity index (χ3v) is 3.31. The summed E-state index contributed by atoms with van der Waals surface area (Å²) in [7, 11) is 1.87. The molecule has 0 saturated heterocycles. The maximum absolute atomic E-state index is 11.6. The maximum Gasteiger partial charge on any atom is 0.270 e. The molecule has 0 atom stereocenters. The number of non-ortho nitro benzene ring substituents is 1. The van der Waals surface area contributed by atoms with Crippen LogP contribution in [-0.2, 0) is 13.5 Å². The van der Waals surface area contributed by atoms with Crippen molar-refractivity contribution in [3.8, 4) is 0 Å². The van der Waals surface area contributed by atoms with Crippen LogP contribution in [0.5, 0.6) is 0 Å². The first-order chi connectivity index (χ1) is 10.5. The van der Waals surface area contributed by atoms with Gasteiger partial charge in [-0.3, -0.25) is 19.6 Å². The molecule has 0 fully saturated rings. The lowest BCUT2D eigenvalue weighted by atomic mass is 10.1. The van der Waals surface area contributed by atoms with Crippen molar-refractivity contribution in [1.82, 2.24) is 9.78 Å². The molecule has 0 bridgehead atoms. The number of hydrogen-bond donors (Lipinski definition) is 1. The summed E-state index contributed by atoms with van der Waals surface area (Å²) < 4.78 is 1.76. The Morgan fingerprint density at radius 2 is 2.23 bits per heavy atom. The van der Waals surface area contributed by atoms with Crippen molar-refractivity contribution in [2.24, 2.45) is 7.05 Å². The molecule has 0 aliphatic heterocycles. The van der Waals surface area contributed by atoms with Gasteiger partial charge in [0, 0.05) is 43.2 Å². The molecule has 7 nitrogen and oxygen atoms in total. The second kappa shape index (κ2) is 6.84. The van der Waals surface area contributed by atoms with Crippen LogP contribution >= 0.6 is 0 Å². The van der Waals surface area contributed by atoms with Gasteiger partial charge in [-0.2, -0.15) is 5.10 Å². The highest BCUT2D eigenvalue weighted by atomic mass is 16.6. The third-order valence-electron chi connectivity index (χ3n) is 3.31. The number of nitro benzene ring substituents is 1. The number of anilines is 1. The molecule has 22 heavy (non-hydrogen) atoms. The van der Waals surface area contributed by atoms with E-state index in [1.807, 2.05) is 19.4 Å². The van der Waals surface area contributed by atoms with E-state index in [9.17, 15) is 14.9 Å². The van der Waals surface area contributed by atoms with E-state index in [-0.39, 0.29) is 11.5 Å². The molecule has 1 heterocycles. The fourth-order valence-electron chi connectivity index (χ4n) is 2.21. The topological polar surface area (TPSA) is 90.1 Å². The van der Waals surface area contributed by atoms with Crippen LogP contribution in [0.25, 0.3) is 0 Å². The first-order valence-electron chi connectivity index (χ1n) is 6.98. The highest BCUT2D eigenvalue weighted by Gasteiger charge is 2.13. The van der Waals surface area contributed by atoms with Crippen LogP contribution in [0.3, 0.4) is 0 Å². The van der Waals surface area contributed by atoms with Crippen molar-refractivity contribution >= 4 is 17.2 Å². The van der Waals surface area contributed by atoms with Gasteiger partial charge in [-0.05, 0) is 31.4 Å². The Morgan fingerprint density at radius 1 is 1.45 bits per heavy atom. The van der Waals surface area contributed by atoms with Gasteiger partial charge in [0.15, 0.2) is 5.78 Å². The van der Waals surface area contributed by atoms with E-state index in [1.165, 1.54) is 19.1 Å². The summed E-state index contributed by atoms with van der Waals surface area (Å²) in [5, 5.41) is 18.0. The third kappa shape index (κ3) is 3.91. The Balaban J connectivity index is 1.97. The standard InChI is InChI=1S/C15H18N4O3/c1-11(20)14-8-13(19(21)22)5-6-15(14)16-7-3-4-12-9-17-18(2)10-12/h5-6,8-10,16H,3-4,7H2,1-2H3. The highest BCUT2D eigenvalue weighted by molar-refractivity contribution is 6.00. The Labute approximate surface area is 128 Å². The molecule has 116 valence electrons. The summed E-state index contributed by atoms with van der Waals surface area (Å²) in [5.41, 5.74) is 2.05. The molecule has 7 heteroatoms. The van der Waals surface area contributed by atoms with Crippen molar-refractivity contribution < 1.29 is 9.72 Å².